The number of hydrogen-bond donors (Lipinski definition) is 1. The van der Waals surface area contributed by atoms with E-state index in [9.17, 15) is 13.2 Å². The van der Waals surface area contributed by atoms with Crippen molar-refractivity contribution in [3.05, 3.63) is 70.2 Å². The fraction of sp³-hybridized carbons (Fsp3) is 0.261. The molecule has 0 aliphatic carbocycles. The van der Waals surface area contributed by atoms with Crippen molar-refractivity contribution in [2.45, 2.75) is 31.1 Å². The Morgan fingerprint density at radius 2 is 1.74 bits per heavy atom. The van der Waals surface area contributed by atoms with Gasteiger partial charge in [-0.25, -0.2) is 13.4 Å². The van der Waals surface area contributed by atoms with Gasteiger partial charge in [0.1, 0.15) is 0 Å². The van der Waals surface area contributed by atoms with Gasteiger partial charge in [-0.15, -0.1) is 16.5 Å². The van der Waals surface area contributed by atoms with Gasteiger partial charge < -0.3 is 10.1 Å². The molecule has 0 radical (unpaired) electrons. The lowest BCUT2D eigenvalue weighted by atomic mass is 10.0. The number of amides is 1. The number of rotatable bonds is 8. The Hall–Kier alpha value is -3.02. The third kappa shape index (κ3) is 7.51. The molecule has 11 heteroatoms. The Bertz CT molecular complexity index is 1300. The molecule has 0 aliphatic rings. The normalized spacial score (nSPS) is 11.5. The zero-order valence-corrected chi connectivity index (χ0v) is 21.4. The van der Waals surface area contributed by atoms with Gasteiger partial charge >= 0.3 is 5.17 Å². The monoisotopic (exact) mass is 516 g/mol. The molecule has 1 N–H and O–H groups in total. The van der Waals surface area contributed by atoms with Crippen LogP contribution in [0.5, 0.6) is 0 Å². The molecule has 0 saturated carbocycles. The molecule has 178 valence electrons. The van der Waals surface area contributed by atoms with Crippen LogP contribution in [0.1, 0.15) is 28.6 Å². The van der Waals surface area contributed by atoms with Crippen molar-refractivity contribution in [2.24, 2.45) is 10.2 Å². The number of ether oxygens (including phenoxy) is 1. The van der Waals surface area contributed by atoms with Gasteiger partial charge in [0, 0.05) is 24.5 Å². The summed E-state index contributed by atoms with van der Waals surface area (Å²) in [6, 6.07) is 14.5. The zero-order chi connectivity index (χ0) is 24.7. The van der Waals surface area contributed by atoms with Gasteiger partial charge in [0.15, 0.2) is 15.0 Å². The molecular weight excluding hydrogens is 492 g/mol. The number of anilines is 1. The summed E-state index contributed by atoms with van der Waals surface area (Å²) in [6.07, 6.45) is 3.21. The number of carbonyl (C=O) groups is 1. The van der Waals surface area contributed by atoms with Crippen LogP contribution < -0.4 is 5.32 Å². The number of nitrogens with one attached hydrogen (secondary N) is 1. The van der Waals surface area contributed by atoms with Gasteiger partial charge in [-0.3, -0.25) is 4.79 Å². The van der Waals surface area contributed by atoms with Crippen molar-refractivity contribution >= 4 is 55.3 Å². The quantitative estimate of drug-likeness (QED) is 0.337. The molecule has 3 rings (SSSR count). The zero-order valence-electron chi connectivity index (χ0n) is 18.9. The Balaban J connectivity index is 1.74. The molecule has 8 nitrogen and oxygen atoms in total. The molecule has 1 aromatic heterocycles. The molecule has 0 spiro atoms. The van der Waals surface area contributed by atoms with Gasteiger partial charge in [0.25, 0.3) is 0 Å². The van der Waals surface area contributed by atoms with Crippen LogP contribution in [0, 0.1) is 0 Å². The summed E-state index contributed by atoms with van der Waals surface area (Å²) in [7, 11) is -1.80. The molecule has 1 amide bonds. The number of thiocarbonyl (C=S) groups is 1. The van der Waals surface area contributed by atoms with E-state index in [1.54, 1.807) is 24.3 Å². The van der Waals surface area contributed by atoms with E-state index in [0.29, 0.717) is 23.7 Å². The lowest BCUT2D eigenvalue weighted by molar-refractivity contribution is -0.114. The summed E-state index contributed by atoms with van der Waals surface area (Å²) in [5, 5.41) is 11.2. The van der Waals surface area contributed by atoms with Crippen LogP contribution in [0.2, 0.25) is 0 Å². The maximum Gasteiger partial charge on any atom is 0.302 e. The van der Waals surface area contributed by atoms with E-state index < -0.39 is 9.84 Å². The van der Waals surface area contributed by atoms with Crippen molar-refractivity contribution in [1.82, 2.24) is 4.98 Å². The Morgan fingerprint density at radius 3 is 2.32 bits per heavy atom. The van der Waals surface area contributed by atoms with Gasteiger partial charge in [0.2, 0.25) is 5.91 Å². The molecule has 0 unspecified atom stereocenters. The van der Waals surface area contributed by atoms with Crippen LogP contribution in [-0.2, 0) is 38.6 Å². The summed E-state index contributed by atoms with van der Waals surface area (Å²) in [5.74, 6) is -0.179. The Kier molecular flexibility index (Phi) is 8.59. The second kappa shape index (κ2) is 11.4. The van der Waals surface area contributed by atoms with Crippen LogP contribution in [0.3, 0.4) is 0 Å². The highest BCUT2D eigenvalue weighted by molar-refractivity contribution is 7.90. The van der Waals surface area contributed by atoms with E-state index >= 15 is 0 Å². The van der Waals surface area contributed by atoms with E-state index in [1.165, 1.54) is 31.6 Å². The molecule has 0 saturated heterocycles. The number of thiazole rings is 1. The largest absolute Gasteiger partial charge is 0.472 e. The SMILES string of the molecule is COC(=S)N=Nc1ccc(CCc2nc(NC(C)=O)sc2Cc2ccc(S(C)(=O)=O)cc2)cc1. The molecule has 34 heavy (non-hydrogen) atoms. The highest BCUT2D eigenvalue weighted by Gasteiger charge is 2.14. The first-order valence-electron chi connectivity index (χ1n) is 10.3. The van der Waals surface area contributed by atoms with E-state index in [2.05, 4.69) is 20.5 Å². The molecular formula is C23H24N4O4S3. The van der Waals surface area contributed by atoms with Gasteiger partial charge in [-0.1, -0.05) is 29.4 Å². The summed E-state index contributed by atoms with van der Waals surface area (Å²) >= 11 is 6.27. The summed E-state index contributed by atoms with van der Waals surface area (Å²) in [5.41, 5.74) is 3.64. The fourth-order valence-electron chi connectivity index (χ4n) is 3.09. The number of carbonyl (C=O) groups excluding carboxylic acids is 1. The van der Waals surface area contributed by atoms with Crippen LogP contribution in [0.4, 0.5) is 10.8 Å². The first-order chi connectivity index (χ1) is 16.1. The van der Waals surface area contributed by atoms with Crippen molar-refractivity contribution < 1.29 is 17.9 Å². The van der Waals surface area contributed by atoms with E-state index in [4.69, 9.17) is 17.0 Å². The maximum absolute atomic E-state index is 11.7. The van der Waals surface area contributed by atoms with Crippen LogP contribution in [0.25, 0.3) is 0 Å². The lowest BCUT2D eigenvalue weighted by Gasteiger charge is -2.05. The van der Waals surface area contributed by atoms with Gasteiger partial charge in [-0.05, 0) is 60.5 Å². The molecule has 2 aromatic carbocycles. The van der Waals surface area contributed by atoms with Crippen molar-refractivity contribution in [2.75, 3.05) is 18.7 Å². The number of nitrogens with zero attached hydrogens (tertiary/aromatic N) is 3. The number of aryl methyl sites for hydroxylation is 2. The van der Waals surface area contributed by atoms with Crippen molar-refractivity contribution in [3.63, 3.8) is 0 Å². The number of hydrogen-bond acceptors (Lipinski definition) is 8. The molecule has 0 aliphatic heterocycles. The average molecular weight is 517 g/mol. The minimum absolute atomic E-state index is 0.0704. The van der Waals surface area contributed by atoms with Crippen LogP contribution in [0.15, 0.2) is 63.7 Å². The first-order valence-corrected chi connectivity index (χ1v) is 13.4. The number of methoxy groups -OCH3 is 1. The van der Waals surface area contributed by atoms with E-state index in [1.807, 2.05) is 24.3 Å². The van der Waals surface area contributed by atoms with Crippen LogP contribution in [-0.4, -0.2) is 37.8 Å². The predicted octanol–water partition coefficient (Wildman–Crippen LogP) is 4.90. The van der Waals surface area contributed by atoms with Gasteiger partial charge in [0.05, 0.1) is 23.4 Å². The third-order valence-corrected chi connectivity index (χ3v) is 7.18. The average Bonchev–Trinajstić information content (AvgIpc) is 3.16. The summed E-state index contributed by atoms with van der Waals surface area (Å²) in [4.78, 5) is 17.4. The number of benzene rings is 2. The molecule has 0 bridgehead atoms. The smallest absolute Gasteiger partial charge is 0.302 e. The van der Waals surface area contributed by atoms with E-state index in [0.717, 1.165) is 28.1 Å². The highest BCUT2D eigenvalue weighted by Crippen LogP contribution is 2.28. The maximum atomic E-state index is 11.7. The second-order valence-corrected chi connectivity index (χ2v) is 10.9. The molecule has 3 aromatic rings. The minimum atomic E-state index is -3.24. The highest BCUT2D eigenvalue weighted by atomic mass is 32.2. The third-order valence-electron chi connectivity index (χ3n) is 4.79. The fourth-order valence-corrected chi connectivity index (χ4v) is 4.85. The van der Waals surface area contributed by atoms with E-state index in [-0.39, 0.29) is 16.0 Å². The minimum Gasteiger partial charge on any atom is -0.472 e. The number of azo groups is 1. The van der Waals surface area contributed by atoms with Crippen molar-refractivity contribution in [1.29, 1.82) is 0 Å². The first kappa shape index (κ1) is 25.6. The summed E-state index contributed by atoms with van der Waals surface area (Å²) < 4.78 is 28.2. The summed E-state index contributed by atoms with van der Waals surface area (Å²) in [6.45, 7) is 1.45. The standard InChI is InChI=1S/C23H24N4O4S3/c1-15(28)24-22-25-20(13-8-16-4-9-18(10-5-16)26-27-23(32)31-2)21(33-22)14-17-6-11-19(12-7-17)34(3,29)30/h4-7,9-12H,8,13-14H2,1-3H3,(H,24,25,28). The second-order valence-electron chi connectivity index (χ2n) is 7.50. The number of sulfone groups is 1. The molecule has 0 fully saturated rings. The topological polar surface area (TPSA) is 110 Å². The van der Waals surface area contributed by atoms with Crippen molar-refractivity contribution in [3.8, 4) is 0 Å². The Morgan fingerprint density at radius 1 is 1.09 bits per heavy atom. The Labute approximate surface area is 208 Å². The molecule has 0 atom stereocenters. The van der Waals surface area contributed by atoms with Crippen LogP contribution >= 0.6 is 23.6 Å². The predicted molar refractivity (Wildman–Crippen MR) is 137 cm³/mol. The van der Waals surface area contributed by atoms with Gasteiger partial charge in [-0.2, -0.15) is 0 Å². The number of aromatic nitrogens is 1. The molecule has 1 heterocycles. The lowest BCUT2D eigenvalue weighted by Crippen LogP contribution is -2.05.